The smallest absolute Gasteiger partial charge is 0.337 e. The van der Waals surface area contributed by atoms with Crippen LogP contribution in [-0.4, -0.2) is 38.1 Å². The molecule has 0 saturated carbocycles. The number of benzene rings is 2. The van der Waals surface area contributed by atoms with E-state index in [4.69, 9.17) is 4.74 Å². The Morgan fingerprint density at radius 1 is 1.00 bits per heavy atom. The van der Waals surface area contributed by atoms with Crippen molar-refractivity contribution in [3.05, 3.63) is 71.0 Å². The number of amides is 1. The number of methoxy groups -OCH3 is 2. The fourth-order valence-corrected chi connectivity index (χ4v) is 2.38. The molecule has 6 nitrogen and oxygen atoms in total. The van der Waals surface area contributed by atoms with Gasteiger partial charge in [0.1, 0.15) is 11.9 Å². The molecule has 0 heterocycles. The van der Waals surface area contributed by atoms with E-state index in [0.717, 1.165) is 0 Å². The zero-order valence-electron chi connectivity index (χ0n) is 14.3. The van der Waals surface area contributed by atoms with Crippen LogP contribution in [0.5, 0.6) is 0 Å². The molecule has 0 radical (unpaired) electrons. The SMILES string of the molecule is COC(=O)c1cccc(C(=O)N[C@@H](Cc2cccc(F)c2)C(=O)OC)c1. The van der Waals surface area contributed by atoms with Crippen molar-refractivity contribution in [3.8, 4) is 0 Å². The Morgan fingerprint density at radius 3 is 2.35 bits per heavy atom. The van der Waals surface area contributed by atoms with E-state index in [0.29, 0.717) is 5.56 Å². The van der Waals surface area contributed by atoms with Crippen LogP contribution in [0, 0.1) is 5.82 Å². The lowest BCUT2D eigenvalue weighted by Crippen LogP contribution is -2.43. The van der Waals surface area contributed by atoms with Gasteiger partial charge in [-0.05, 0) is 35.9 Å². The Hall–Kier alpha value is -3.22. The van der Waals surface area contributed by atoms with Gasteiger partial charge in [-0.1, -0.05) is 18.2 Å². The van der Waals surface area contributed by atoms with Crippen LogP contribution in [0.25, 0.3) is 0 Å². The highest BCUT2D eigenvalue weighted by Crippen LogP contribution is 2.10. The fraction of sp³-hybridized carbons (Fsp3) is 0.211. The average molecular weight is 359 g/mol. The number of nitrogens with one attached hydrogen (secondary N) is 1. The maximum Gasteiger partial charge on any atom is 0.337 e. The topological polar surface area (TPSA) is 81.7 Å². The molecule has 0 spiro atoms. The fourth-order valence-electron chi connectivity index (χ4n) is 2.38. The lowest BCUT2D eigenvalue weighted by Gasteiger charge is -2.17. The summed E-state index contributed by atoms with van der Waals surface area (Å²) in [6.45, 7) is 0. The van der Waals surface area contributed by atoms with Gasteiger partial charge in [0.2, 0.25) is 0 Å². The Labute approximate surface area is 149 Å². The van der Waals surface area contributed by atoms with Crippen molar-refractivity contribution in [3.63, 3.8) is 0 Å². The van der Waals surface area contributed by atoms with E-state index in [1.807, 2.05) is 0 Å². The van der Waals surface area contributed by atoms with Gasteiger partial charge >= 0.3 is 11.9 Å². The van der Waals surface area contributed by atoms with Crippen LogP contribution in [0.15, 0.2) is 48.5 Å². The van der Waals surface area contributed by atoms with Gasteiger partial charge < -0.3 is 14.8 Å². The summed E-state index contributed by atoms with van der Waals surface area (Å²) in [7, 11) is 2.44. The van der Waals surface area contributed by atoms with Gasteiger partial charge in [0.25, 0.3) is 5.91 Å². The van der Waals surface area contributed by atoms with Crippen molar-refractivity contribution < 1.29 is 28.2 Å². The van der Waals surface area contributed by atoms with Crippen molar-refractivity contribution in [2.45, 2.75) is 12.5 Å². The van der Waals surface area contributed by atoms with Crippen LogP contribution >= 0.6 is 0 Å². The molecular weight excluding hydrogens is 341 g/mol. The minimum absolute atomic E-state index is 0.0624. The highest BCUT2D eigenvalue weighted by atomic mass is 19.1. The molecule has 0 aromatic heterocycles. The average Bonchev–Trinajstić information content (AvgIpc) is 2.66. The number of rotatable bonds is 6. The second kappa shape index (κ2) is 8.75. The first-order valence-electron chi connectivity index (χ1n) is 7.76. The van der Waals surface area contributed by atoms with E-state index in [-0.39, 0.29) is 17.5 Å². The molecule has 2 aromatic carbocycles. The Balaban J connectivity index is 2.18. The maximum atomic E-state index is 13.3. The van der Waals surface area contributed by atoms with Gasteiger partial charge in [-0.25, -0.2) is 14.0 Å². The number of ether oxygens (including phenoxy) is 2. The number of carbonyl (C=O) groups is 3. The quantitative estimate of drug-likeness (QED) is 0.799. The lowest BCUT2D eigenvalue weighted by molar-refractivity contribution is -0.142. The molecule has 0 bridgehead atoms. The first kappa shape index (κ1) is 19.1. The Bertz CT molecular complexity index is 821. The molecular formula is C19H18FNO5. The summed E-state index contributed by atoms with van der Waals surface area (Å²) >= 11 is 0. The van der Waals surface area contributed by atoms with Crippen molar-refractivity contribution in [2.75, 3.05) is 14.2 Å². The molecule has 0 aliphatic rings. The Kier molecular flexibility index (Phi) is 6.43. The van der Waals surface area contributed by atoms with Crippen LogP contribution in [0.3, 0.4) is 0 Å². The van der Waals surface area contributed by atoms with Crippen LogP contribution in [0.1, 0.15) is 26.3 Å². The van der Waals surface area contributed by atoms with Crippen LogP contribution < -0.4 is 5.32 Å². The number of halogens is 1. The molecule has 0 aliphatic carbocycles. The van der Waals surface area contributed by atoms with Gasteiger partial charge in [0, 0.05) is 12.0 Å². The second-order valence-electron chi connectivity index (χ2n) is 5.46. The van der Waals surface area contributed by atoms with Crippen molar-refractivity contribution >= 4 is 17.8 Å². The highest BCUT2D eigenvalue weighted by molar-refractivity contribution is 5.99. The third-order valence-electron chi connectivity index (χ3n) is 3.67. The first-order chi connectivity index (χ1) is 12.4. The molecule has 2 aromatic rings. The first-order valence-corrected chi connectivity index (χ1v) is 7.76. The molecule has 1 atom stereocenters. The molecule has 0 fully saturated rings. The molecule has 136 valence electrons. The number of carbonyl (C=O) groups excluding carboxylic acids is 3. The van der Waals surface area contributed by atoms with E-state index in [2.05, 4.69) is 10.1 Å². The molecule has 7 heteroatoms. The van der Waals surface area contributed by atoms with Crippen LogP contribution in [0.4, 0.5) is 4.39 Å². The number of hydrogen-bond donors (Lipinski definition) is 1. The monoisotopic (exact) mass is 359 g/mol. The number of hydrogen-bond acceptors (Lipinski definition) is 5. The molecule has 26 heavy (non-hydrogen) atoms. The van der Waals surface area contributed by atoms with Crippen molar-refractivity contribution in [1.29, 1.82) is 0 Å². The second-order valence-corrected chi connectivity index (χ2v) is 5.46. The largest absolute Gasteiger partial charge is 0.467 e. The summed E-state index contributed by atoms with van der Waals surface area (Å²) in [5, 5.41) is 2.55. The maximum absolute atomic E-state index is 13.3. The van der Waals surface area contributed by atoms with E-state index >= 15 is 0 Å². The standard InChI is InChI=1S/C19H18FNO5/c1-25-18(23)14-7-4-6-13(11-14)17(22)21-16(19(24)26-2)10-12-5-3-8-15(20)9-12/h3-9,11,16H,10H2,1-2H3,(H,21,22)/t16-/m0/s1. The third-order valence-corrected chi connectivity index (χ3v) is 3.67. The number of esters is 2. The van der Waals surface area contributed by atoms with Gasteiger partial charge in [-0.3, -0.25) is 4.79 Å². The predicted molar refractivity (Wildman–Crippen MR) is 91.2 cm³/mol. The zero-order valence-corrected chi connectivity index (χ0v) is 14.3. The highest BCUT2D eigenvalue weighted by Gasteiger charge is 2.23. The van der Waals surface area contributed by atoms with Crippen molar-refractivity contribution in [1.82, 2.24) is 5.32 Å². The van der Waals surface area contributed by atoms with Gasteiger partial charge in [-0.15, -0.1) is 0 Å². The van der Waals surface area contributed by atoms with E-state index in [1.54, 1.807) is 6.07 Å². The summed E-state index contributed by atoms with van der Waals surface area (Å²) in [6.07, 6.45) is 0.0624. The summed E-state index contributed by atoms with van der Waals surface area (Å²) in [4.78, 5) is 36.0. The minimum atomic E-state index is -1.00. The van der Waals surface area contributed by atoms with Crippen molar-refractivity contribution in [2.24, 2.45) is 0 Å². The molecule has 0 unspecified atom stereocenters. The van der Waals surface area contributed by atoms with E-state index in [9.17, 15) is 18.8 Å². The zero-order chi connectivity index (χ0) is 19.1. The van der Waals surface area contributed by atoms with Gasteiger partial charge in [0.05, 0.1) is 19.8 Å². The van der Waals surface area contributed by atoms with Crippen LogP contribution in [0.2, 0.25) is 0 Å². The molecule has 0 saturated heterocycles. The van der Waals surface area contributed by atoms with E-state index in [1.165, 1.54) is 56.7 Å². The lowest BCUT2D eigenvalue weighted by atomic mass is 10.0. The summed E-state index contributed by atoms with van der Waals surface area (Å²) in [6, 6.07) is 10.6. The predicted octanol–water partition coefficient (Wildman–Crippen LogP) is 2.13. The third kappa shape index (κ3) is 4.89. The summed E-state index contributed by atoms with van der Waals surface area (Å²) < 4.78 is 22.7. The normalized spacial score (nSPS) is 11.3. The molecule has 0 aliphatic heterocycles. The van der Waals surface area contributed by atoms with Gasteiger partial charge in [-0.2, -0.15) is 0 Å². The summed E-state index contributed by atoms with van der Waals surface area (Å²) in [5.41, 5.74) is 0.921. The minimum Gasteiger partial charge on any atom is -0.467 e. The van der Waals surface area contributed by atoms with E-state index < -0.39 is 29.7 Å². The molecule has 1 N–H and O–H groups in total. The van der Waals surface area contributed by atoms with Gasteiger partial charge in [0.15, 0.2) is 0 Å². The van der Waals surface area contributed by atoms with Crippen LogP contribution in [-0.2, 0) is 20.7 Å². The molecule has 2 rings (SSSR count). The summed E-state index contributed by atoms with van der Waals surface area (Å²) in [5.74, 6) is -2.25. The molecule has 1 amide bonds. The Morgan fingerprint density at radius 2 is 1.69 bits per heavy atom.